The van der Waals surface area contributed by atoms with E-state index in [2.05, 4.69) is 0 Å². The smallest absolute Gasteiger partial charge is 0.312 e. The summed E-state index contributed by atoms with van der Waals surface area (Å²) in [6, 6.07) is -2.18. The van der Waals surface area contributed by atoms with E-state index in [-0.39, 0.29) is 0 Å². The molecule has 88 valence electrons. The van der Waals surface area contributed by atoms with Crippen LogP contribution in [0.15, 0.2) is 0 Å². The summed E-state index contributed by atoms with van der Waals surface area (Å²) in [5.74, 6) is 0. The topological polar surface area (TPSA) is 145 Å². The Kier molecular flexibility index (Phi) is 3.83. The van der Waals surface area contributed by atoms with Gasteiger partial charge >= 0.3 is 6.03 Å². The minimum Gasteiger partial charge on any atom is -0.394 e. The van der Waals surface area contributed by atoms with Crippen LogP contribution in [-0.2, 0) is 4.74 Å². The Morgan fingerprint density at radius 1 is 1.33 bits per heavy atom. The number of aliphatic hydroxyl groups is 4. The Hall–Kier alpha value is -0.930. The van der Waals surface area contributed by atoms with Crippen LogP contribution < -0.4 is 11.1 Å². The van der Waals surface area contributed by atoms with Crippen molar-refractivity contribution in [3.05, 3.63) is 0 Å². The van der Waals surface area contributed by atoms with Crippen LogP contribution >= 0.6 is 0 Å². The Bertz CT molecular complexity index is 238. The second kappa shape index (κ2) is 4.73. The SMILES string of the molecule is NC(=O)N[C@H]1[C@@H](O)[C@H](O)[C@H](CO)O[C@H]1O. The highest BCUT2D eigenvalue weighted by atomic mass is 16.6. The Morgan fingerprint density at radius 3 is 2.40 bits per heavy atom. The normalized spacial score (nSPS) is 41.2. The average molecular weight is 222 g/mol. The maximum atomic E-state index is 10.5. The van der Waals surface area contributed by atoms with E-state index in [0.717, 1.165) is 0 Å². The van der Waals surface area contributed by atoms with E-state index in [1.807, 2.05) is 5.32 Å². The maximum Gasteiger partial charge on any atom is 0.312 e. The second-order valence-electron chi connectivity index (χ2n) is 3.26. The predicted octanol–water partition coefficient (Wildman–Crippen LogP) is -3.55. The molecule has 1 heterocycles. The lowest BCUT2D eigenvalue weighted by Crippen LogP contribution is -2.64. The first-order valence-electron chi connectivity index (χ1n) is 4.34. The lowest BCUT2D eigenvalue weighted by molar-refractivity contribution is -0.252. The number of urea groups is 1. The molecule has 1 aliphatic rings. The molecule has 0 unspecified atom stereocenters. The van der Waals surface area contributed by atoms with Crippen LogP contribution in [0.3, 0.4) is 0 Å². The van der Waals surface area contributed by atoms with Crippen LogP contribution in [0.25, 0.3) is 0 Å². The van der Waals surface area contributed by atoms with E-state index in [1.165, 1.54) is 0 Å². The zero-order valence-corrected chi connectivity index (χ0v) is 7.78. The van der Waals surface area contributed by atoms with Gasteiger partial charge in [-0.15, -0.1) is 0 Å². The van der Waals surface area contributed by atoms with Crippen molar-refractivity contribution in [2.45, 2.75) is 30.6 Å². The maximum absolute atomic E-state index is 10.5. The third kappa shape index (κ3) is 2.55. The van der Waals surface area contributed by atoms with Gasteiger partial charge in [0.15, 0.2) is 6.29 Å². The van der Waals surface area contributed by atoms with E-state index in [9.17, 15) is 20.1 Å². The molecule has 2 amide bonds. The molecule has 0 spiro atoms. The van der Waals surface area contributed by atoms with Gasteiger partial charge in [0.25, 0.3) is 0 Å². The summed E-state index contributed by atoms with van der Waals surface area (Å²) in [5.41, 5.74) is 4.80. The number of hydrogen-bond acceptors (Lipinski definition) is 6. The van der Waals surface area contributed by atoms with Gasteiger partial charge in [-0.05, 0) is 0 Å². The summed E-state index contributed by atoms with van der Waals surface area (Å²) in [5, 5.41) is 39.0. The number of carbonyl (C=O) groups excluding carboxylic acids is 1. The largest absolute Gasteiger partial charge is 0.394 e. The summed E-state index contributed by atoms with van der Waals surface area (Å²) in [4.78, 5) is 10.5. The minimum absolute atomic E-state index is 0.557. The molecule has 1 fully saturated rings. The molecule has 0 saturated carbocycles. The standard InChI is InChI=1S/C7H14N2O6/c8-7(14)9-3-5(12)4(11)2(1-10)15-6(3)13/h2-6,10-13H,1H2,(H3,8,9,14)/t2-,3-,4+,5+,6+/m0/s1. The van der Waals surface area contributed by atoms with Gasteiger partial charge in [0, 0.05) is 0 Å². The summed E-state index contributed by atoms with van der Waals surface area (Å²) < 4.78 is 4.76. The van der Waals surface area contributed by atoms with Gasteiger partial charge in [0.2, 0.25) is 0 Å². The Morgan fingerprint density at radius 2 is 1.93 bits per heavy atom. The number of aliphatic hydroxyl groups excluding tert-OH is 4. The van der Waals surface area contributed by atoms with Crippen LogP contribution in [0, 0.1) is 0 Å². The lowest BCUT2D eigenvalue weighted by Gasteiger charge is -2.39. The fraction of sp³-hybridized carbons (Fsp3) is 0.857. The number of ether oxygens (including phenoxy) is 1. The molecule has 1 rings (SSSR count). The average Bonchev–Trinajstić information content (AvgIpc) is 2.18. The molecule has 7 N–H and O–H groups in total. The van der Waals surface area contributed by atoms with Crippen LogP contribution in [0.1, 0.15) is 0 Å². The molecule has 0 aromatic heterocycles. The van der Waals surface area contributed by atoms with E-state index in [1.54, 1.807) is 0 Å². The summed E-state index contributed by atoms with van der Waals surface area (Å²) >= 11 is 0. The van der Waals surface area contributed by atoms with E-state index in [0.29, 0.717) is 0 Å². The second-order valence-corrected chi connectivity index (χ2v) is 3.26. The Balaban J connectivity index is 2.70. The van der Waals surface area contributed by atoms with Crippen molar-refractivity contribution >= 4 is 6.03 Å². The molecule has 0 aromatic carbocycles. The van der Waals surface area contributed by atoms with Gasteiger partial charge in [-0.1, -0.05) is 0 Å². The molecular formula is C7H14N2O6. The van der Waals surface area contributed by atoms with Gasteiger partial charge in [0.05, 0.1) is 6.61 Å². The van der Waals surface area contributed by atoms with Crippen molar-refractivity contribution < 1.29 is 30.0 Å². The van der Waals surface area contributed by atoms with Gasteiger partial charge in [-0.25, -0.2) is 4.79 Å². The van der Waals surface area contributed by atoms with Crippen molar-refractivity contribution in [3.8, 4) is 0 Å². The minimum atomic E-state index is -1.53. The van der Waals surface area contributed by atoms with Crippen molar-refractivity contribution in [1.29, 1.82) is 0 Å². The number of nitrogens with one attached hydrogen (secondary N) is 1. The molecule has 1 saturated heterocycles. The number of hydrogen-bond donors (Lipinski definition) is 6. The molecule has 0 radical (unpaired) electrons. The molecule has 15 heavy (non-hydrogen) atoms. The highest BCUT2D eigenvalue weighted by Gasteiger charge is 2.44. The molecule has 0 bridgehead atoms. The van der Waals surface area contributed by atoms with Gasteiger partial charge in [0.1, 0.15) is 24.4 Å². The molecule has 0 aromatic rings. The predicted molar refractivity (Wildman–Crippen MR) is 46.5 cm³/mol. The van der Waals surface area contributed by atoms with E-state index in [4.69, 9.17) is 15.6 Å². The van der Waals surface area contributed by atoms with Crippen LogP contribution in [0.2, 0.25) is 0 Å². The zero-order valence-electron chi connectivity index (χ0n) is 7.78. The summed E-state index contributed by atoms with van der Waals surface area (Å²) in [6.45, 7) is -0.557. The Labute approximate surface area is 85.3 Å². The fourth-order valence-electron chi connectivity index (χ4n) is 1.42. The third-order valence-electron chi connectivity index (χ3n) is 2.21. The van der Waals surface area contributed by atoms with Crippen LogP contribution in [0.5, 0.6) is 0 Å². The lowest BCUT2D eigenvalue weighted by atomic mass is 9.97. The first kappa shape index (κ1) is 12.1. The summed E-state index contributed by atoms with van der Waals surface area (Å²) in [7, 11) is 0. The number of nitrogens with two attached hydrogens (primary N) is 1. The fourth-order valence-corrected chi connectivity index (χ4v) is 1.42. The molecular weight excluding hydrogens is 208 g/mol. The molecule has 1 aliphatic heterocycles. The number of primary amides is 1. The van der Waals surface area contributed by atoms with Gasteiger partial charge in [-0.2, -0.15) is 0 Å². The number of rotatable bonds is 2. The van der Waals surface area contributed by atoms with E-state index >= 15 is 0 Å². The highest BCUT2D eigenvalue weighted by molar-refractivity contribution is 5.72. The quantitative estimate of drug-likeness (QED) is 0.285. The number of carbonyl (C=O) groups is 1. The zero-order chi connectivity index (χ0) is 11.6. The molecule has 0 aliphatic carbocycles. The third-order valence-corrected chi connectivity index (χ3v) is 2.21. The number of amides is 2. The van der Waals surface area contributed by atoms with Crippen molar-refractivity contribution in [3.63, 3.8) is 0 Å². The van der Waals surface area contributed by atoms with Crippen LogP contribution in [0.4, 0.5) is 4.79 Å². The van der Waals surface area contributed by atoms with Crippen molar-refractivity contribution in [2.75, 3.05) is 6.61 Å². The van der Waals surface area contributed by atoms with E-state index < -0.39 is 43.3 Å². The first-order chi connectivity index (χ1) is 6.97. The first-order valence-corrected chi connectivity index (χ1v) is 4.34. The molecule has 5 atom stereocenters. The monoisotopic (exact) mass is 222 g/mol. The molecule has 8 heteroatoms. The molecule has 8 nitrogen and oxygen atoms in total. The van der Waals surface area contributed by atoms with Gasteiger partial charge in [-0.3, -0.25) is 0 Å². The summed E-state index contributed by atoms with van der Waals surface area (Å²) in [6.07, 6.45) is -5.50. The highest BCUT2D eigenvalue weighted by Crippen LogP contribution is 2.19. The van der Waals surface area contributed by atoms with Crippen molar-refractivity contribution in [1.82, 2.24) is 5.32 Å². The van der Waals surface area contributed by atoms with Gasteiger partial charge < -0.3 is 36.2 Å². The van der Waals surface area contributed by atoms with Crippen LogP contribution in [-0.4, -0.2) is 63.7 Å². The van der Waals surface area contributed by atoms with Crippen molar-refractivity contribution in [2.24, 2.45) is 5.73 Å².